The van der Waals surface area contributed by atoms with E-state index >= 15 is 0 Å². The predicted molar refractivity (Wildman–Crippen MR) is 79.4 cm³/mol. The fraction of sp³-hybridized carbons (Fsp3) is 0.250. The number of nitrogens with zero attached hydrogens (tertiary/aromatic N) is 2. The van der Waals surface area contributed by atoms with Crippen LogP contribution in [0.3, 0.4) is 0 Å². The molecule has 0 aliphatic heterocycles. The fourth-order valence-electron chi connectivity index (χ4n) is 1.40. The Kier molecular flexibility index (Phi) is 4.86. The van der Waals surface area contributed by atoms with Gasteiger partial charge in [-0.3, -0.25) is 4.79 Å². The van der Waals surface area contributed by atoms with Crippen LogP contribution in [0, 0.1) is 0 Å². The maximum Gasteiger partial charge on any atom is 0.282 e. The predicted octanol–water partition coefficient (Wildman–Crippen LogP) is 2.66. The Morgan fingerprint density at radius 1 is 1.32 bits per heavy atom. The summed E-state index contributed by atoms with van der Waals surface area (Å²) in [5, 5.41) is 14.6. The zero-order chi connectivity index (χ0) is 13.7. The van der Waals surface area contributed by atoms with Crippen LogP contribution >= 0.6 is 27.3 Å². The Bertz CT molecular complexity index is 555. The van der Waals surface area contributed by atoms with E-state index in [1.165, 1.54) is 11.3 Å². The van der Waals surface area contributed by atoms with Crippen molar-refractivity contribution in [3.63, 3.8) is 0 Å². The smallest absolute Gasteiger partial charge is 0.282 e. The molecule has 2 rings (SSSR count). The van der Waals surface area contributed by atoms with Crippen LogP contribution < -0.4 is 10.6 Å². The van der Waals surface area contributed by atoms with Crippen LogP contribution in [0.1, 0.15) is 22.3 Å². The summed E-state index contributed by atoms with van der Waals surface area (Å²) in [6.45, 7) is 3.20. The van der Waals surface area contributed by atoms with Crippen molar-refractivity contribution in [3.8, 4) is 0 Å². The highest BCUT2D eigenvalue weighted by Gasteiger charge is 2.11. The number of halogens is 1. The van der Waals surface area contributed by atoms with E-state index < -0.39 is 0 Å². The van der Waals surface area contributed by atoms with Crippen molar-refractivity contribution in [2.75, 3.05) is 11.9 Å². The van der Waals surface area contributed by atoms with Gasteiger partial charge in [-0.15, -0.1) is 10.2 Å². The number of hydrogen-bond acceptors (Lipinski definition) is 5. The summed E-state index contributed by atoms with van der Waals surface area (Å²) in [4.78, 5) is 11.9. The van der Waals surface area contributed by atoms with Crippen LogP contribution in [0.5, 0.6) is 0 Å². The van der Waals surface area contributed by atoms with Gasteiger partial charge in [0.25, 0.3) is 5.91 Å². The molecule has 0 aliphatic carbocycles. The van der Waals surface area contributed by atoms with Crippen LogP contribution in [-0.4, -0.2) is 22.6 Å². The van der Waals surface area contributed by atoms with E-state index in [2.05, 4.69) is 36.8 Å². The molecule has 7 heteroatoms. The molecule has 0 unspecified atom stereocenters. The van der Waals surface area contributed by atoms with Gasteiger partial charge in [-0.05, 0) is 24.6 Å². The van der Waals surface area contributed by atoms with Crippen molar-refractivity contribution in [1.82, 2.24) is 15.5 Å². The summed E-state index contributed by atoms with van der Waals surface area (Å²) in [7, 11) is 0. The van der Waals surface area contributed by atoms with Crippen LogP contribution in [0.4, 0.5) is 5.13 Å². The number of hydrogen-bond donors (Lipinski definition) is 2. The van der Waals surface area contributed by atoms with Crippen molar-refractivity contribution < 1.29 is 4.79 Å². The number of carbonyl (C=O) groups is 1. The second kappa shape index (κ2) is 6.63. The molecule has 0 saturated heterocycles. The molecular formula is C12H13BrN4OS. The lowest BCUT2D eigenvalue weighted by atomic mass is 10.2. The summed E-state index contributed by atoms with van der Waals surface area (Å²) in [6, 6.07) is 7.79. The molecule has 1 aromatic carbocycles. The molecule has 5 nitrogen and oxygen atoms in total. The zero-order valence-electron chi connectivity index (χ0n) is 10.3. The summed E-state index contributed by atoms with van der Waals surface area (Å²) in [5.74, 6) is -0.204. The number of benzene rings is 1. The van der Waals surface area contributed by atoms with Gasteiger partial charge < -0.3 is 10.6 Å². The number of nitrogens with one attached hydrogen (secondary N) is 2. The van der Waals surface area contributed by atoms with Gasteiger partial charge in [-0.25, -0.2) is 0 Å². The fourth-order valence-corrected chi connectivity index (χ4v) is 2.39. The van der Waals surface area contributed by atoms with Gasteiger partial charge in [-0.1, -0.05) is 39.4 Å². The van der Waals surface area contributed by atoms with Crippen molar-refractivity contribution in [2.24, 2.45) is 0 Å². The molecule has 1 aromatic heterocycles. The van der Waals surface area contributed by atoms with Crippen LogP contribution in [0.2, 0.25) is 0 Å². The zero-order valence-corrected chi connectivity index (χ0v) is 12.7. The molecule has 2 aromatic rings. The maximum atomic E-state index is 11.9. The average molecular weight is 341 g/mol. The van der Waals surface area contributed by atoms with Crippen molar-refractivity contribution >= 4 is 38.3 Å². The summed E-state index contributed by atoms with van der Waals surface area (Å²) in [6.07, 6.45) is 0. The van der Waals surface area contributed by atoms with E-state index in [-0.39, 0.29) is 5.91 Å². The molecule has 0 bridgehead atoms. The number of rotatable bonds is 5. The first-order chi connectivity index (χ1) is 9.19. The second-order valence-corrected chi connectivity index (χ2v) is 5.65. The van der Waals surface area contributed by atoms with E-state index in [0.717, 1.165) is 16.6 Å². The molecule has 1 heterocycles. The second-order valence-electron chi connectivity index (χ2n) is 3.75. The lowest BCUT2D eigenvalue weighted by Crippen LogP contribution is -2.22. The largest absolute Gasteiger partial charge is 0.360 e. The Balaban J connectivity index is 1.91. The van der Waals surface area contributed by atoms with Gasteiger partial charge >= 0.3 is 0 Å². The summed E-state index contributed by atoms with van der Waals surface area (Å²) >= 11 is 4.62. The SMILES string of the molecule is CCNc1nnc(C(=O)NCc2ccc(Br)cc2)s1. The Hall–Kier alpha value is -1.47. The minimum absolute atomic E-state index is 0.204. The highest BCUT2D eigenvalue weighted by atomic mass is 79.9. The van der Waals surface area contributed by atoms with Crippen molar-refractivity contribution in [3.05, 3.63) is 39.3 Å². The molecule has 0 saturated carbocycles. The molecular weight excluding hydrogens is 328 g/mol. The standard InChI is InChI=1S/C12H13BrN4OS/c1-2-14-12-17-16-11(19-12)10(18)15-7-8-3-5-9(13)6-4-8/h3-6H,2,7H2,1H3,(H,14,17)(H,15,18). The average Bonchev–Trinajstić information content (AvgIpc) is 2.87. The molecule has 19 heavy (non-hydrogen) atoms. The highest BCUT2D eigenvalue weighted by Crippen LogP contribution is 2.15. The summed E-state index contributed by atoms with van der Waals surface area (Å²) in [5.41, 5.74) is 1.04. The minimum atomic E-state index is -0.204. The lowest BCUT2D eigenvalue weighted by molar-refractivity contribution is 0.0950. The Morgan fingerprint density at radius 3 is 2.74 bits per heavy atom. The third-order valence-electron chi connectivity index (χ3n) is 2.31. The van der Waals surface area contributed by atoms with Crippen LogP contribution in [0.15, 0.2) is 28.7 Å². The molecule has 100 valence electrons. The monoisotopic (exact) mass is 340 g/mol. The molecule has 2 N–H and O–H groups in total. The Morgan fingerprint density at radius 2 is 2.05 bits per heavy atom. The number of anilines is 1. The van der Waals surface area contributed by atoms with Gasteiger partial charge in [0.15, 0.2) is 0 Å². The quantitative estimate of drug-likeness (QED) is 0.877. The molecule has 0 spiro atoms. The van der Waals surface area contributed by atoms with Gasteiger partial charge in [0.2, 0.25) is 10.1 Å². The van der Waals surface area contributed by atoms with E-state index in [4.69, 9.17) is 0 Å². The topological polar surface area (TPSA) is 66.9 Å². The third-order valence-corrected chi connectivity index (χ3v) is 3.72. The first kappa shape index (κ1) is 14.0. The molecule has 0 fully saturated rings. The molecule has 1 amide bonds. The Labute approximate surface area is 123 Å². The third kappa shape index (κ3) is 4.00. The van der Waals surface area contributed by atoms with Crippen LogP contribution in [-0.2, 0) is 6.54 Å². The first-order valence-electron chi connectivity index (χ1n) is 5.79. The van der Waals surface area contributed by atoms with Gasteiger partial charge in [0.1, 0.15) is 0 Å². The van der Waals surface area contributed by atoms with E-state index in [1.54, 1.807) is 0 Å². The number of aromatic nitrogens is 2. The van der Waals surface area contributed by atoms with Crippen LogP contribution in [0.25, 0.3) is 0 Å². The van der Waals surface area contributed by atoms with Gasteiger partial charge in [0.05, 0.1) is 0 Å². The normalized spacial score (nSPS) is 10.2. The minimum Gasteiger partial charge on any atom is -0.360 e. The molecule has 0 aliphatic rings. The van der Waals surface area contributed by atoms with Crippen molar-refractivity contribution in [2.45, 2.75) is 13.5 Å². The number of carbonyl (C=O) groups excluding carboxylic acids is 1. The maximum absolute atomic E-state index is 11.9. The van der Waals surface area contributed by atoms with Crippen molar-refractivity contribution in [1.29, 1.82) is 0 Å². The van der Waals surface area contributed by atoms with E-state index in [1.807, 2.05) is 31.2 Å². The van der Waals surface area contributed by atoms with E-state index in [0.29, 0.717) is 16.7 Å². The summed E-state index contributed by atoms with van der Waals surface area (Å²) < 4.78 is 1.02. The lowest BCUT2D eigenvalue weighted by Gasteiger charge is -2.02. The molecule has 0 radical (unpaired) electrons. The van der Waals surface area contributed by atoms with Gasteiger partial charge in [-0.2, -0.15) is 0 Å². The van der Waals surface area contributed by atoms with Gasteiger partial charge in [0, 0.05) is 17.6 Å². The highest BCUT2D eigenvalue weighted by molar-refractivity contribution is 9.10. The first-order valence-corrected chi connectivity index (χ1v) is 7.40. The number of amides is 1. The molecule has 0 atom stereocenters. The van der Waals surface area contributed by atoms with E-state index in [9.17, 15) is 4.79 Å².